The summed E-state index contributed by atoms with van der Waals surface area (Å²) in [6.07, 6.45) is 0. The van der Waals surface area contributed by atoms with Crippen molar-refractivity contribution in [3.63, 3.8) is 0 Å². The summed E-state index contributed by atoms with van der Waals surface area (Å²) in [4.78, 5) is 0. The molecule has 0 aliphatic heterocycles. The van der Waals surface area contributed by atoms with Gasteiger partial charge in [0.25, 0.3) is 0 Å². The van der Waals surface area contributed by atoms with Crippen molar-refractivity contribution in [2.75, 3.05) is 5.73 Å². The summed E-state index contributed by atoms with van der Waals surface area (Å²) in [6, 6.07) is 8.94. The molecule has 0 spiro atoms. The summed E-state index contributed by atoms with van der Waals surface area (Å²) in [5.41, 5.74) is 5.76. The Hall–Kier alpha value is -1.62. The maximum atomic E-state index is 13.6. The Morgan fingerprint density at radius 1 is 1.17 bits per heavy atom. The van der Waals surface area contributed by atoms with Crippen LogP contribution in [0.2, 0.25) is 0 Å². The van der Waals surface area contributed by atoms with Crippen LogP contribution in [0.4, 0.5) is 14.5 Å². The third kappa shape index (κ3) is 2.79. The van der Waals surface area contributed by atoms with Crippen molar-refractivity contribution in [1.82, 2.24) is 0 Å². The molecule has 0 bridgehead atoms. The van der Waals surface area contributed by atoms with Crippen LogP contribution in [0.3, 0.4) is 0 Å². The third-order valence-corrected chi connectivity index (χ3v) is 2.88. The van der Waals surface area contributed by atoms with E-state index in [1.54, 1.807) is 18.2 Å². The van der Waals surface area contributed by atoms with Crippen molar-refractivity contribution < 1.29 is 13.5 Å². The van der Waals surface area contributed by atoms with Crippen molar-refractivity contribution in [3.8, 4) is 5.75 Å². The highest BCUT2D eigenvalue weighted by Crippen LogP contribution is 2.24. The lowest BCUT2D eigenvalue weighted by atomic mass is 10.2. The van der Waals surface area contributed by atoms with Crippen molar-refractivity contribution >= 4 is 21.6 Å². The first-order valence-electron chi connectivity index (χ1n) is 5.18. The van der Waals surface area contributed by atoms with Crippen LogP contribution in [-0.4, -0.2) is 0 Å². The fourth-order valence-corrected chi connectivity index (χ4v) is 1.79. The molecule has 2 N–H and O–H groups in total. The summed E-state index contributed by atoms with van der Waals surface area (Å²) in [6.45, 7) is -0.0791. The van der Waals surface area contributed by atoms with Gasteiger partial charge in [0.1, 0.15) is 6.61 Å². The molecule has 18 heavy (non-hydrogen) atoms. The molecule has 0 aliphatic rings. The Morgan fingerprint density at radius 3 is 2.72 bits per heavy atom. The van der Waals surface area contributed by atoms with E-state index in [9.17, 15) is 8.78 Å². The van der Waals surface area contributed by atoms with Crippen LogP contribution >= 0.6 is 15.9 Å². The molecule has 0 radical (unpaired) electrons. The number of hydrogen-bond acceptors (Lipinski definition) is 2. The van der Waals surface area contributed by atoms with Crippen LogP contribution in [0.1, 0.15) is 5.56 Å². The van der Waals surface area contributed by atoms with Crippen molar-refractivity contribution in [3.05, 3.63) is 58.1 Å². The van der Waals surface area contributed by atoms with Gasteiger partial charge >= 0.3 is 0 Å². The molecule has 5 heteroatoms. The quantitative estimate of drug-likeness (QED) is 0.873. The number of benzene rings is 2. The number of rotatable bonds is 3. The normalized spacial score (nSPS) is 10.4. The predicted octanol–water partition coefficient (Wildman–Crippen LogP) is 3.89. The molecule has 94 valence electrons. The Balaban J connectivity index is 2.16. The Kier molecular flexibility index (Phi) is 3.81. The molecule has 0 saturated heterocycles. The van der Waals surface area contributed by atoms with Crippen LogP contribution in [0.15, 0.2) is 40.9 Å². The summed E-state index contributed by atoms with van der Waals surface area (Å²) in [5.74, 6) is -0.971. The minimum absolute atomic E-state index is 0.0471. The highest BCUT2D eigenvalue weighted by atomic mass is 79.9. The summed E-state index contributed by atoms with van der Waals surface area (Å²) >= 11 is 3.21. The number of nitrogen functional groups attached to an aromatic ring is 1. The largest absolute Gasteiger partial charge is 0.486 e. The molecule has 0 amide bonds. The Bertz CT molecular complexity index is 573. The lowest BCUT2D eigenvalue weighted by Gasteiger charge is -2.09. The van der Waals surface area contributed by atoms with E-state index in [-0.39, 0.29) is 23.6 Å². The van der Waals surface area contributed by atoms with E-state index >= 15 is 0 Å². The second-order valence-corrected chi connectivity index (χ2v) is 4.60. The van der Waals surface area contributed by atoms with Gasteiger partial charge in [-0.25, -0.2) is 8.78 Å². The SMILES string of the molecule is Nc1cccc(COc2cc(Br)ccc2F)c1F. The van der Waals surface area contributed by atoms with Crippen LogP contribution in [0.25, 0.3) is 0 Å². The average molecular weight is 314 g/mol. The second kappa shape index (κ2) is 5.35. The number of hydrogen-bond donors (Lipinski definition) is 1. The van der Waals surface area contributed by atoms with Gasteiger partial charge < -0.3 is 10.5 Å². The molecule has 0 aliphatic carbocycles. The first-order valence-corrected chi connectivity index (χ1v) is 5.98. The number of halogens is 3. The van der Waals surface area contributed by atoms with Crippen LogP contribution in [-0.2, 0) is 6.61 Å². The van der Waals surface area contributed by atoms with Gasteiger partial charge in [-0.3, -0.25) is 0 Å². The maximum Gasteiger partial charge on any atom is 0.165 e. The van der Waals surface area contributed by atoms with E-state index in [1.165, 1.54) is 18.2 Å². The Morgan fingerprint density at radius 2 is 1.94 bits per heavy atom. The fourth-order valence-electron chi connectivity index (χ4n) is 1.45. The maximum absolute atomic E-state index is 13.6. The van der Waals surface area contributed by atoms with Gasteiger partial charge in [-0.1, -0.05) is 28.1 Å². The molecular formula is C13H10BrF2NO. The summed E-state index contributed by atoms with van der Waals surface area (Å²) < 4.78 is 32.9. The first kappa shape index (κ1) is 12.8. The summed E-state index contributed by atoms with van der Waals surface area (Å²) in [7, 11) is 0. The molecule has 0 unspecified atom stereocenters. The lowest BCUT2D eigenvalue weighted by Crippen LogP contribution is -2.02. The van der Waals surface area contributed by atoms with Gasteiger partial charge in [-0.2, -0.15) is 0 Å². The smallest absolute Gasteiger partial charge is 0.165 e. The number of nitrogens with two attached hydrogens (primary N) is 1. The fraction of sp³-hybridized carbons (Fsp3) is 0.0769. The molecule has 0 atom stereocenters. The van der Waals surface area contributed by atoms with Gasteiger partial charge in [0.15, 0.2) is 17.4 Å². The molecule has 0 fully saturated rings. The Labute approximate surface area is 112 Å². The van der Waals surface area contributed by atoms with Gasteiger partial charge in [0, 0.05) is 10.0 Å². The first-order chi connectivity index (χ1) is 8.58. The van der Waals surface area contributed by atoms with Crippen LogP contribution in [0, 0.1) is 11.6 Å². The monoisotopic (exact) mass is 313 g/mol. The molecule has 2 aromatic rings. The molecular weight excluding hydrogens is 304 g/mol. The van der Waals surface area contributed by atoms with Crippen LogP contribution < -0.4 is 10.5 Å². The highest BCUT2D eigenvalue weighted by Gasteiger charge is 2.08. The lowest BCUT2D eigenvalue weighted by molar-refractivity contribution is 0.285. The molecule has 0 aromatic heterocycles. The van der Waals surface area contributed by atoms with Gasteiger partial charge in [-0.05, 0) is 24.3 Å². The van der Waals surface area contributed by atoms with E-state index in [0.717, 1.165) is 0 Å². The molecule has 0 saturated carbocycles. The van der Waals surface area contributed by atoms with Crippen molar-refractivity contribution in [2.45, 2.75) is 6.61 Å². The zero-order valence-corrected chi connectivity index (χ0v) is 10.9. The topological polar surface area (TPSA) is 35.2 Å². The molecule has 2 nitrogen and oxygen atoms in total. The average Bonchev–Trinajstić information content (AvgIpc) is 2.35. The van der Waals surface area contributed by atoms with Crippen molar-refractivity contribution in [1.29, 1.82) is 0 Å². The van der Waals surface area contributed by atoms with E-state index in [2.05, 4.69) is 15.9 Å². The third-order valence-electron chi connectivity index (χ3n) is 2.38. The second-order valence-electron chi connectivity index (χ2n) is 3.68. The molecule has 2 rings (SSSR count). The van der Waals surface area contributed by atoms with Gasteiger partial charge in [-0.15, -0.1) is 0 Å². The van der Waals surface area contributed by atoms with E-state index in [0.29, 0.717) is 4.47 Å². The van der Waals surface area contributed by atoms with Gasteiger partial charge in [0.2, 0.25) is 0 Å². The number of anilines is 1. The van der Waals surface area contributed by atoms with Gasteiger partial charge in [0.05, 0.1) is 5.69 Å². The minimum atomic E-state index is -0.534. The molecule has 0 heterocycles. The minimum Gasteiger partial charge on any atom is -0.486 e. The highest BCUT2D eigenvalue weighted by molar-refractivity contribution is 9.10. The van der Waals surface area contributed by atoms with Crippen LogP contribution in [0.5, 0.6) is 5.75 Å². The van der Waals surface area contributed by atoms with E-state index in [4.69, 9.17) is 10.5 Å². The zero-order chi connectivity index (χ0) is 13.1. The zero-order valence-electron chi connectivity index (χ0n) is 9.29. The molecule has 2 aromatic carbocycles. The standard InChI is InChI=1S/C13H10BrF2NO/c14-9-4-5-10(15)12(6-9)18-7-8-2-1-3-11(17)13(8)16/h1-6H,7,17H2. The van der Waals surface area contributed by atoms with Crippen molar-refractivity contribution in [2.24, 2.45) is 0 Å². The van der Waals surface area contributed by atoms with E-state index < -0.39 is 11.6 Å². The predicted molar refractivity (Wildman–Crippen MR) is 69.2 cm³/mol. The number of ether oxygens (including phenoxy) is 1. The van der Waals surface area contributed by atoms with E-state index in [1.807, 2.05) is 0 Å². The summed E-state index contributed by atoms with van der Waals surface area (Å²) in [5, 5.41) is 0.